The van der Waals surface area contributed by atoms with Crippen LogP contribution in [0.1, 0.15) is 83.3 Å². The molecule has 0 N–H and O–H groups in total. The topological polar surface area (TPSA) is 6.48 Å². The molecule has 6 aromatic carbocycles. The highest BCUT2D eigenvalue weighted by molar-refractivity contribution is 6.03. The van der Waals surface area contributed by atoms with Crippen LogP contribution >= 0.6 is 0 Å². The number of hydrogen-bond donors (Lipinski definition) is 0. The fourth-order valence-electron chi connectivity index (χ4n) is 8.31. The van der Waals surface area contributed by atoms with Crippen LogP contribution in [0.25, 0.3) is 22.5 Å². The van der Waals surface area contributed by atoms with Crippen molar-refractivity contribution in [1.82, 2.24) is 0 Å². The second-order valence-corrected chi connectivity index (χ2v) is 13.6. The molecule has 2 heteroatoms. The van der Waals surface area contributed by atoms with Gasteiger partial charge < -0.3 is 9.80 Å². The lowest BCUT2D eigenvalue weighted by atomic mass is 9.75. The van der Waals surface area contributed by atoms with E-state index in [1.54, 1.807) is 0 Å². The quantitative estimate of drug-likeness (QED) is 0.170. The van der Waals surface area contributed by atoms with Crippen LogP contribution in [-0.4, -0.2) is 0 Å². The fourth-order valence-corrected chi connectivity index (χ4v) is 8.31. The van der Waals surface area contributed by atoms with Gasteiger partial charge in [-0.1, -0.05) is 158 Å². The first-order valence-electron chi connectivity index (χ1n) is 18.1. The van der Waals surface area contributed by atoms with Gasteiger partial charge in [-0.15, -0.1) is 0 Å². The molecule has 2 unspecified atom stereocenters. The third-order valence-corrected chi connectivity index (χ3v) is 10.5. The van der Waals surface area contributed by atoms with Crippen molar-refractivity contribution in [1.29, 1.82) is 0 Å². The van der Waals surface area contributed by atoms with Gasteiger partial charge in [0.1, 0.15) is 0 Å². The lowest BCUT2D eigenvalue weighted by Gasteiger charge is -2.51. The molecular weight excluding hydrogens is 605 g/mol. The number of nitrogens with zero attached hydrogens (tertiary/aromatic N) is 2. The van der Waals surface area contributed by atoms with Crippen molar-refractivity contribution in [2.45, 2.75) is 52.6 Å². The summed E-state index contributed by atoms with van der Waals surface area (Å²) in [6.07, 6.45) is 1.85. The summed E-state index contributed by atoms with van der Waals surface area (Å²) >= 11 is 0. The van der Waals surface area contributed by atoms with Crippen LogP contribution in [0.2, 0.25) is 0 Å². The molecular formula is C48H44N2. The van der Waals surface area contributed by atoms with Gasteiger partial charge in [0.15, 0.2) is 0 Å². The molecule has 0 radical (unpaired) electrons. The molecule has 0 fully saturated rings. The van der Waals surface area contributed by atoms with Crippen molar-refractivity contribution < 1.29 is 0 Å². The van der Waals surface area contributed by atoms with Crippen LogP contribution in [0.3, 0.4) is 0 Å². The molecule has 2 heterocycles. The zero-order chi connectivity index (χ0) is 34.2. The van der Waals surface area contributed by atoms with Gasteiger partial charge in [-0.2, -0.15) is 0 Å². The van der Waals surface area contributed by atoms with E-state index in [9.17, 15) is 0 Å². The summed E-state index contributed by atoms with van der Waals surface area (Å²) in [6, 6.07) is 58.7. The van der Waals surface area contributed by atoms with E-state index < -0.39 is 0 Å². The van der Waals surface area contributed by atoms with Crippen molar-refractivity contribution in [2.24, 2.45) is 0 Å². The lowest BCUT2D eigenvalue weighted by Crippen LogP contribution is -2.44. The number of benzene rings is 6. The highest BCUT2D eigenvalue weighted by atomic mass is 15.3. The fraction of sp³-hybridized carbons (Fsp3) is 0.167. The van der Waals surface area contributed by atoms with Crippen LogP contribution < -0.4 is 9.80 Å². The minimum atomic E-state index is -0.0565. The number of allylic oxidation sites excluding steroid dienone is 2. The summed E-state index contributed by atoms with van der Waals surface area (Å²) in [6.45, 7) is 8.97. The van der Waals surface area contributed by atoms with Crippen molar-refractivity contribution in [2.75, 3.05) is 9.80 Å². The number of anilines is 2. The highest BCUT2D eigenvalue weighted by Gasteiger charge is 2.45. The monoisotopic (exact) mass is 648 g/mol. The molecule has 8 rings (SSSR count). The Kier molecular flexibility index (Phi) is 8.46. The Hall–Kier alpha value is -5.60. The molecule has 246 valence electrons. The lowest BCUT2D eigenvalue weighted by molar-refractivity contribution is 0.543. The van der Waals surface area contributed by atoms with E-state index in [0.717, 1.165) is 12.8 Å². The van der Waals surface area contributed by atoms with Crippen LogP contribution in [0.15, 0.2) is 158 Å². The van der Waals surface area contributed by atoms with E-state index in [-0.39, 0.29) is 12.1 Å². The third kappa shape index (κ3) is 5.36. The Labute approximate surface area is 297 Å². The van der Waals surface area contributed by atoms with Gasteiger partial charge in [-0.05, 0) is 95.5 Å². The Bertz CT molecular complexity index is 2030. The predicted octanol–water partition coefficient (Wildman–Crippen LogP) is 12.7. The normalized spacial score (nSPS) is 17.1. The molecule has 2 atom stereocenters. The number of aryl methyl sites for hydroxylation is 2. The third-order valence-electron chi connectivity index (χ3n) is 10.5. The van der Waals surface area contributed by atoms with Crippen molar-refractivity contribution in [3.63, 3.8) is 0 Å². The van der Waals surface area contributed by atoms with Crippen LogP contribution in [0.4, 0.5) is 11.4 Å². The first kappa shape index (κ1) is 31.7. The van der Waals surface area contributed by atoms with Gasteiger partial charge in [0.2, 0.25) is 0 Å². The summed E-state index contributed by atoms with van der Waals surface area (Å²) in [5.74, 6) is 0. The first-order chi connectivity index (χ1) is 24.6. The van der Waals surface area contributed by atoms with E-state index >= 15 is 0 Å². The second kappa shape index (κ2) is 13.4. The molecule has 0 spiro atoms. The highest BCUT2D eigenvalue weighted by Crippen LogP contribution is 2.57. The molecule has 50 heavy (non-hydrogen) atoms. The molecule has 0 bridgehead atoms. The number of fused-ring (bicyclic) bond motifs is 2. The maximum atomic E-state index is 2.68. The molecule has 0 aliphatic carbocycles. The molecule has 2 aliphatic rings. The van der Waals surface area contributed by atoms with Crippen molar-refractivity contribution in [3.05, 3.63) is 202 Å². The Morgan fingerprint density at radius 1 is 0.400 bits per heavy atom. The van der Waals surface area contributed by atoms with E-state index in [1.807, 2.05) is 0 Å². The zero-order valence-electron chi connectivity index (χ0n) is 29.5. The summed E-state index contributed by atoms with van der Waals surface area (Å²) in [4.78, 5) is 5.36. The van der Waals surface area contributed by atoms with Gasteiger partial charge >= 0.3 is 0 Å². The average molecular weight is 649 g/mol. The smallest absolute Gasteiger partial charge is 0.0847 e. The van der Waals surface area contributed by atoms with Gasteiger partial charge in [0.25, 0.3) is 0 Å². The largest absolute Gasteiger partial charge is 0.331 e. The number of hydrogen-bond acceptors (Lipinski definition) is 2. The van der Waals surface area contributed by atoms with Gasteiger partial charge in [-0.3, -0.25) is 0 Å². The predicted molar refractivity (Wildman–Crippen MR) is 213 cm³/mol. The van der Waals surface area contributed by atoms with Crippen molar-refractivity contribution in [3.8, 4) is 0 Å². The van der Waals surface area contributed by atoms with E-state index in [4.69, 9.17) is 0 Å². The summed E-state index contributed by atoms with van der Waals surface area (Å²) in [5, 5.41) is 0. The van der Waals surface area contributed by atoms with Gasteiger partial charge in [0, 0.05) is 11.4 Å². The van der Waals surface area contributed by atoms with Crippen LogP contribution in [-0.2, 0) is 0 Å². The Balaban J connectivity index is 1.51. The maximum Gasteiger partial charge on any atom is 0.0847 e. The molecule has 0 amide bonds. The maximum absolute atomic E-state index is 2.68. The Morgan fingerprint density at radius 3 is 1.10 bits per heavy atom. The summed E-state index contributed by atoms with van der Waals surface area (Å²) in [5.41, 5.74) is 18.1. The molecule has 0 aromatic heterocycles. The first-order valence-corrected chi connectivity index (χ1v) is 18.1. The number of rotatable bonds is 7. The van der Waals surface area contributed by atoms with E-state index in [1.165, 1.54) is 78.4 Å². The SMILES string of the molecule is CCC1=C(c2ccccc2)N(c2ccc(C)cc2)C(C2c3ccccc3C(CC)=C(c3ccccc3)N2c2ccc(C)cc2)c2ccccc21. The Morgan fingerprint density at radius 2 is 0.740 bits per heavy atom. The average Bonchev–Trinajstić information content (AvgIpc) is 3.17. The molecule has 2 aliphatic heterocycles. The van der Waals surface area contributed by atoms with Gasteiger partial charge in [0.05, 0.1) is 23.5 Å². The standard InChI is InChI=1S/C48H44N2/c1-5-39-41-21-13-15-23-43(41)47(49(37-29-25-33(3)26-30-37)45(39)35-17-9-7-10-18-35)48-44-24-16-14-22-42(44)40(6-2)46(36-19-11-8-12-20-36)50(48)38-31-27-34(4)28-32-38/h7-32,47-48H,5-6H2,1-4H3. The van der Waals surface area contributed by atoms with Crippen molar-refractivity contribution >= 4 is 33.9 Å². The van der Waals surface area contributed by atoms with E-state index in [0.29, 0.717) is 0 Å². The second-order valence-electron chi connectivity index (χ2n) is 13.6. The van der Waals surface area contributed by atoms with Gasteiger partial charge in [-0.25, -0.2) is 0 Å². The molecule has 2 nitrogen and oxygen atoms in total. The van der Waals surface area contributed by atoms with E-state index in [2.05, 4.69) is 195 Å². The zero-order valence-corrected chi connectivity index (χ0v) is 29.5. The molecule has 6 aromatic rings. The minimum Gasteiger partial charge on any atom is -0.331 e. The minimum absolute atomic E-state index is 0.0565. The summed E-state index contributed by atoms with van der Waals surface area (Å²) < 4.78 is 0. The summed E-state index contributed by atoms with van der Waals surface area (Å²) in [7, 11) is 0. The molecule has 0 saturated carbocycles. The molecule has 0 saturated heterocycles. The van der Waals surface area contributed by atoms with Crippen LogP contribution in [0, 0.1) is 13.8 Å². The van der Waals surface area contributed by atoms with Crippen LogP contribution in [0.5, 0.6) is 0 Å².